The van der Waals surface area contributed by atoms with Gasteiger partial charge in [-0.05, 0) is 109 Å². The van der Waals surface area contributed by atoms with Crippen LogP contribution in [0.1, 0.15) is 49.9 Å². The second-order valence-corrected chi connectivity index (χ2v) is 16.4. The summed E-state index contributed by atoms with van der Waals surface area (Å²) < 4.78 is 1.37. The lowest BCUT2D eigenvalue weighted by Crippen LogP contribution is -2.16. The molecule has 0 N–H and O–H groups in total. The van der Waals surface area contributed by atoms with Crippen LogP contribution >= 0.6 is 11.3 Å². The quantitative estimate of drug-likeness (QED) is 0.174. The first-order chi connectivity index (χ1) is 25.3. The second-order valence-electron chi connectivity index (χ2n) is 15.4. The minimum Gasteiger partial charge on any atom is -0.310 e. The smallest absolute Gasteiger partial charge is 0.0468 e. The molecule has 10 rings (SSSR count). The number of anilines is 3. The van der Waals surface area contributed by atoms with Gasteiger partial charge in [0.1, 0.15) is 0 Å². The Kier molecular flexibility index (Phi) is 6.81. The van der Waals surface area contributed by atoms with Gasteiger partial charge in [0.15, 0.2) is 0 Å². The Morgan fingerprint density at radius 2 is 0.981 bits per heavy atom. The van der Waals surface area contributed by atoms with Gasteiger partial charge >= 0.3 is 0 Å². The van der Waals surface area contributed by atoms with E-state index in [1.54, 1.807) is 0 Å². The van der Waals surface area contributed by atoms with Crippen molar-refractivity contribution in [3.63, 3.8) is 0 Å². The van der Waals surface area contributed by atoms with Gasteiger partial charge in [0.05, 0.1) is 0 Å². The van der Waals surface area contributed by atoms with Gasteiger partial charge < -0.3 is 4.90 Å². The van der Waals surface area contributed by atoms with Gasteiger partial charge in [-0.3, -0.25) is 0 Å². The number of thiophene rings is 1. The first kappa shape index (κ1) is 31.1. The van der Waals surface area contributed by atoms with Gasteiger partial charge in [0.2, 0.25) is 0 Å². The molecule has 2 aliphatic rings. The lowest BCUT2D eigenvalue weighted by atomic mass is 9.78. The zero-order valence-electron chi connectivity index (χ0n) is 29.9. The molecule has 0 spiro atoms. The highest BCUT2D eigenvalue weighted by Gasteiger charge is 2.40. The Hall–Kier alpha value is -5.70. The van der Waals surface area contributed by atoms with Gasteiger partial charge in [-0.2, -0.15) is 0 Å². The van der Waals surface area contributed by atoms with E-state index in [0.717, 1.165) is 17.1 Å². The molecule has 0 unspecified atom stereocenters. The number of hydrogen-bond acceptors (Lipinski definition) is 2. The number of hydrogen-bond donors (Lipinski definition) is 0. The van der Waals surface area contributed by atoms with Crippen molar-refractivity contribution in [3.05, 3.63) is 186 Å². The van der Waals surface area contributed by atoms with Crippen LogP contribution in [0.25, 0.3) is 53.9 Å². The third-order valence-electron chi connectivity index (χ3n) is 11.6. The molecule has 52 heavy (non-hydrogen) atoms. The normalized spacial score (nSPS) is 14.5. The zero-order valence-corrected chi connectivity index (χ0v) is 30.8. The molecular formula is C50H39NS. The molecule has 2 aliphatic carbocycles. The number of fused-ring (bicyclic) bond motifs is 8. The Bertz CT molecular complexity index is 2660. The van der Waals surface area contributed by atoms with Crippen LogP contribution in [0.3, 0.4) is 0 Å². The first-order valence-corrected chi connectivity index (χ1v) is 19.1. The van der Waals surface area contributed by atoms with Gasteiger partial charge in [-0.15, -0.1) is 11.3 Å². The molecule has 1 heterocycles. The molecule has 0 radical (unpaired) electrons. The van der Waals surface area contributed by atoms with Crippen LogP contribution in [0.15, 0.2) is 164 Å². The summed E-state index contributed by atoms with van der Waals surface area (Å²) in [5.41, 5.74) is 18.0. The van der Waals surface area contributed by atoms with Gasteiger partial charge in [0.25, 0.3) is 0 Å². The molecule has 0 bridgehead atoms. The molecule has 2 heteroatoms. The predicted octanol–water partition coefficient (Wildman–Crippen LogP) is 14.3. The van der Waals surface area contributed by atoms with Crippen LogP contribution in [-0.4, -0.2) is 0 Å². The molecule has 0 saturated heterocycles. The summed E-state index contributed by atoms with van der Waals surface area (Å²) in [7, 11) is 0. The van der Waals surface area contributed by atoms with Crippen molar-refractivity contribution in [2.75, 3.05) is 4.90 Å². The van der Waals surface area contributed by atoms with E-state index in [0.29, 0.717) is 0 Å². The van der Waals surface area contributed by atoms with Crippen molar-refractivity contribution >= 4 is 38.5 Å². The summed E-state index contributed by atoms with van der Waals surface area (Å²) in [4.78, 5) is 3.83. The first-order valence-electron chi connectivity index (χ1n) is 18.3. The minimum absolute atomic E-state index is 0.0341. The lowest BCUT2D eigenvalue weighted by Gasteiger charge is -2.28. The van der Waals surface area contributed by atoms with Crippen LogP contribution in [0.4, 0.5) is 17.1 Å². The Labute approximate surface area is 310 Å². The van der Waals surface area contributed by atoms with Crippen molar-refractivity contribution in [2.45, 2.75) is 38.5 Å². The van der Waals surface area contributed by atoms with Crippen molar-refractivity contribution in [3.8, 4) is 43.8 Å². The van der Waals surface area contributed by atoms with E-state index < -0.39 is 0 Å². The monoisotopic (exact) mass is 685 g/mol. The summed E-state index contributed by atoms with van der Waals surface area (Å²) in [5.74, 6) is 0. The fourth-order valence-corrected chi connectivity index (χ4v) is 10.5. The number of nitrogens with zero attached hydrogens (tertiary/aromatic N) is 1. The summed E-state index contributed by atoms with van der Waals surface area (Å²) >= 11 is 1.93. The standard InChI is InChI=1S/C50H39NS/c1-49(2)43-19-10-8-15-39(43)42-31-37(29-30-44(42)49)51(35-25-21-33(22-26-35)32-13-6-5-7-14-32)36-27-23-34(24-28-36)38-17-12-18-41-46(38)50(3,4)47-40-16-9-11-20-45(40)52-48(41)47/h5-31H,1-4H3. The topological polar surface area (TPSA) is 3.24 Å². The molecule has 7 aromatic carbocycles. The van der Waals surface area contributed by atoms with E-state index in [9.17, 15) is 0 Å². The average Bonchev–Trinajstić information content (AvgIpc) is 3.77. The van der Waals surface area contributed by atoms with E-state index in [2.05, 4.69) is 196 Å². The van der Waals surface area contributed by atoms with Crippen LogP contribution in [0, 0.1) is 0 Å². The van der Waals surface area contributed by atoms with Crippen LogP contribution in [0.5, 0.6) is 0 Å². The molecular weight excluding hydrogens is 647 g/mol. The Morgan fingerprint density at radius 1 is 0.404 bits per heavy atom. The fraction of sp³-hybridized carbons (Fsp3) is 0.120. The molecule has 250 valence electrons. The number of rotatable bonds is 5. The van der Waals surface area contributed by atoms with E-state index in [1.807, 2.05) is 11.3 Å². The molecule has 1 aromatic heterocycles. The molecule has 0 aliphatic heterocycles. The maximum Gasteiger partial charge on any atom is 0.0468 e. The van der Waals surface area contributed by atoms with Gasteiger partial charge in [-0.25, -0.2) is 0 Å². The molecule has 8 aromatic rings. The summed E-state index contributed by atoms with van der Waals surface area (Å²) in [6.07, 6.45) is 0. The Morgan fingerprint density at radius 3 is 1.75 bits per heavy atom. The molecule has 0 saturated carbocycles. The van der Waals surface area contributed by atoms with Gasteiger partial charge in [-0.1, -0.05) is 149 Å². The predicted molar refractivity (Wildman–Crippen MR) is 223 cm³/mol. The fourth-order valence-electron chi connectivity index (χ4n) is 9.15. The maximum absolute atomic E-state index is 2.41. The van der Waals surface area contributed by atoms with Crippen molar-refractivity contribution < 1.29 is 0 Å². The lowest BCUT2D eigenvalue weighted by molar-refractivity contribution is 0.660. The zero-order chi connectivity index (χ0) is 35.2. The molecule has 0 fully saturated rings. The summed E-state index contributed by atoms with van der Waals surface area (Å²) in [6, 6.07) is 60.6. The van der Waals surface area contributed by atoms with E-state index >= 15 is 0 Å². The third kappa shape index (κ3) is 4.54. The number of benzene rings is 7. The highest BCUT2D eigenvalue weighted by atomic mass is 32.1. The maximum atomic E-state index is 2.41. The average molecular weight is 686 g/mol. The second kappa shape index (κ2) is 11.4. The summed E-state index contributed by atoms with van der Waals surface area (Å²) in [6.45, 7) is 9.50. The van der Waals surface area contributed by atoms with Gasteiger partial charge in [0, 0.05) is 37.5 Å². The highest BCUT2D eigenvalue weighted by Crippen LogP contribution is 2.58. The van der Waals surface area contributed by atoms with Crippen LogP contribution in [-0.2, 0) is 10.8 Å². The van der Waals surface area contributed by atoms with Crippen molar-refractivity contribution in [1.82, 2.24) is 0 Å². The molecule has 0 amide bonds. The Balaban J connectivity index is 1.09. The van der Waals surface area contributed by atoms with E-state index in [4.69, 9.17) is 0 Å². The largest absolute Gasteiger partial charge is 0.310 e. The van der Waals surface area contributed by atoms with E-state index in [-0.39, 0.29) is 10.8 Å². The summed E-state index contributed by atoms with van der Waals surface area (Å²) in [5, 5.41) is 1.39. The van der Waals surface area contributed by atoms with Crippen LogP contribution < -0.4 is 4.90 Å². The highest BCUT2D eigenvalue weighted by molar-refractivity contribution is 7.22. The minimum atomic E-state index is -0.0967. The third-order valence-corrected chi connectivity index (χ3v) is 12.9. The van der Waals surface area contributed by atoms with Crippen LogP contribution in [0.2, 0.25) is 0 Å². The SMILES string of the molecule is CC1(C)c2ccccc2-c2cc(N(c3ccc(-c4ccccc4)cc3)c3ccc(-c4cccc5c4C(C)(C)c4c-5sc5ccccc45)cc3)ccc21. The van der Waals surface area contributed by atoms with E-state index in [1.165, 1.54) is 76.2 Å². The molecule has 0 atom stereocenters. The van der Waals surface area contributed by atoms with Crippen molar-refractivity contribution in [2.24, 2.45) is 0 Å². The molecule has 1 nitrogen and oxygen atoms in total. The van der Waals surface area contributed by atoms with Crippen molar-refractivity contribution in [1.29, 1.82) is 0 Å².